The van der Waals surface area contributed by atoms with Gasteiger partial charge in [0, 0.05) is 43.9 Å². The van der Waals surface area contributed by atoms with Crippen molar-refractivity contribution in [1.82, 2.24) is 14.8 Å². The Labute approximate surface area is 216 Å². The predicted octanol–water partition coefficient (Wildman–Crippen LogP) is 3.49. The van der Waals surface area contributed by atoms with Crippen LogP contribution in [0.3, 0.4) is 0 Å². The third-order valence-corrected chi connectivity index (χ3v) is 7.85. The van der Waals surface area contributed by atoms with Gasteiger partial charge in [0.15, 0.2) is 0 Å². The molecule has 7 nitrogen and oxygen atoms in total. The largest absolute Gasteiger partial charge is 0.385 e. The first kappa shape index (κ1) is 24.8. The lowest BCUT2D eigenvalue weighted by atomic mass is 9.73. The highest BCUT2D eigenvalue weighted by Gasteiger charge is 2.54. The van der Waals surface area contributed by atoms with Gasteiger partial charge in [0.05, 0.1) is 17.6 Å². The van der Waals surface area contributed by atoms with Crippen molar-refractivity contribution < 1.29 is 19.5 Å². The molecule has 2 fully saturated rings. The number of rotatable bonds is 6. The number of benzene rings is 2. The van der Waals surface area contributed by atoms with Crippen molar-refractivity contribution in [2.45, 2.75) is 50.2 Å². The first-order chi connectivity index (χ1) is 17.8. The Bertz CT molecular complexity index is 1300. The Hall–Kier alpha value is -3.84. The molecule has 37 heavy (non-hydrogen) atoms. The smallest absolute Gasteiger partial charge is 0.241 e. The molecule has 0 bridgehead atoms. The number of amides is 3. The van der Waals surface area contributed by atoms with E-state index in [1.54, 1.807) is 23.4 Å². The fourth-order valence-corrected chi connectivity index (χ4v) is 5.70. The molecule has 0 radical (unpaired) electrons. The second-order valence-electron chi connectivity index (χ2n) is 10.2. The van der Waals surface area contributed by atoms with Gasteiger partial charge >= 0.3 is 0 Å². The highest BCUT2D eigenvalue weighted by Crippen LogP contribution is 2.43. The minimum absolute atomic E-state index is 0.0390. The summed E-state index contributed by atoms with van der Waals surface area (Å²) < 4.78 is 0. The monoisotopic (exact) mass is 497 g/mol. The highest BCUT2D eigenvalue weighted by molar-refractivity contribution is 6.10. The number of aliphatic hydroxyl groups is 1. The molecular formula is C30H31N3O4. The molecule has 0 saturated carbocycles. The van der Waals surface area contributed by atoms with Gasteiger partial charge in [-0.2, -0.15) is 0 Å². The maximum atomic E-state index is 14.0. The fraction of sp³-hybridized carbons (Fsp3) is 0.333. The molecule has 1 N–H and O–H groups in total. The topological polar surface area (TPSA) is 90.8 Å². The molecule has 2 saturated heterocycles. The van der Waals surface area contributed by atoms with Crippen molar-refractivity contribution in [1.29, 1.82) is 0 Å². The van der Waals surface area contributed by atoms with Crippen LogP contribution in [-0.4, -0.2) is 50.7 Å². The standard InChI is InChI=1S/C30H31N3O4/c1-22-8-5-6-12-25(22)29(19-27(35)33(28(29)36)21-23-9-3-2-4-10-23)18-26(34)32-16-13-30(37,14-17-32)24-11-7-15-31-20-24/h2-12,15,20,37H,13-14,16-19,21H2,1H3. The van der Waals surface area contributed by atoms with Crippen LogP contribution in [0.2, 0.25) is 0 Å². The van der Waals surface area contributed by atoms with Gasteiger partial charge in [-0.1, -0.05) is 60.7 Å². The summed E-state index contributed by atoms with van der Waals surface area (Å²) >= 11 is 0. The first-order valence-electron chi connectivity index (χ1n) is 12.7. The number of hydrogen-bond donors (Lipinski definition) is 1. The minimum Gasteiger partial charge on any atom is -0.385 e. The number of piperidine rings is 1. The van der Waals surface area contributed by atoms with Crippen LogP contribution in [0.1, 0.15) is 47.9 Å². The van der Waals surface area contributed by atoms with Crippen LogP contribution in [0.15, 0.2) is 79.1 Å². The molecule has 2 aliphatic rings. The molecular weight excluding hydrogens is 466 g/mol. The summed E-state index contributed by atoms with van der Waals surface area (Å²) in [5.74, 6) is -0.776. The summed E-state index contributed by atoms with van der Waals surface area (Å²) in [6.45, 7) is 2.82. The maximum Gasteiger partial charge on any atom is 0.241 e. The van der Waals surface area contributed by atoms with Crippen LogP contribution >= 0.6 is 0 Å². The molecule has 2 aliphatic heterocycles. The van der Waals surface area contributed by atoms with Crippen molar-refractivity contribution >= 4 is 17.7 Å². The Kier molecular flexibility index (Phi) is 6.65. The molecule has 3 amide bonds. The molecule has 3 aromatic rings. The van der Waals surface area contributed by atoms with E-state index in [4.69, 9.17) is 0 Å². The molecule has 2 aromatic carbocycles. The number of nitrogens with zero attached hydrogens (tertiary/aromatic N) is 3. The Morgan fingerprint density at radius 3 is 2.35 bits per heavy atom. The molecule has 1 atom stereocenters. The van der Waals surface area contributed by atoms with Gasteiger partial charge in [-0.15, -0.1) is 0 Å². The summed E-state index contributed by atoms with van der Waals surface area (Å²) in [5.41, 5.74) is 0.924. The van der Waals surface area contributed by atoms with Crippen molar-refractivity contribution in [3.63, 3.8) is 0 Å². The number of pyridine rings is 1. The van der Waals surface area contributed by atoms with E-state index in [0.29, 0.717) is 25.9 Å². The molecule has 0 spiro atoms. The number of likely N-dealkylation sites (tertiary alicyclic amines) is 2. The van der Waals surface area contributed by atoms with E-state index in [1.807, 2.05) is 67.6 Å². The van der Waals surface area contributed by atoms with Gasteiger partial charge in [-0.05, 0) is 42.5 Å². The predicted molar refractivity (Wildman–Crippen MR) is 138 cm³/mol. The summed E-state index contributed by atoms with van der Waals surface area (Å²) in [5, 5.41) is 11.2. The first-order valence-corrected chi connectivity index (χ1v) is 12.7. The lowest BCUT2D eigenvalue weighted by Crippen LogP contribution is -2.48. The molecule has 3 heterocycles. The average molecular weight is 498 g/mol. The quantitative estimate of drug-likeness (QED) is 0.527. The van der Waals surface area contributed by atoms with Crippen molar-refractivity contribution in [2.24, 2.45) is 0 Å². The molecule has 1 unspecified atom stereocenters. The maximum absolute atomic E-state index is 14.0. The molecule has 5 rings (SSSR count). The Balaban J connectivity index is 1.39. The van der Waals surface area contributed by atoms with Crippen molar-refractivity contribution in [3.8, 4) is 0 Å². The van der Waals surface area contributed by atoms with Gasteiger partial charge in [-0.3, -0.25) is 24.3 Å². The number of aryl methyl sites for hydroxylation is 1. The van der Waals surface area contributed by atoms with Crippen LogP contribution < -0.4 is 0 Å². The van der Waals surface area contributed by atoms with E-state index in [2.05, 4.69) is 4.98 Å². The Morgan fingerprint density at radius 2 is 1.68 bits per heavy atom. The lowest BCUT2D eigenvalue weighted by molar-refractivity contribution is -0.144. The molecule has 1 aromatic heterocycles. The summed E-state index contributed by atoms with van der Waals surface area (Å²) in [4.78, 5) is 48.0. The summed E-state index contributed by atoms with van der Waals surface area (Å²) in [7, 11) is 0. The average Bonchev–Trinajstić information content (AvgIpc) is 3.15. The van der Waals surface area contributed by atoms with Crippen LogP contribution in [0.4, 0.5) is 0 Å². The minimum atomic E-state index is -1.24. The van der Waals surface area contributed by atoms with E-state index in [-0.39, 0.29) is 37.1 Å². The second kappa shape index (κ2) is 9.90. The zero-order chi connectivity index (χ0) is 26.0. The molecule has 190 valence electrons. The zero-order valence-corrected chi connectivity index (χ0v) is 21.0. The molecule has 7 heteroatoms. The van der Waals surface area contributed by atoms with Gasteiger partial charge in [0.1, 0.15) is 0 Å². The van der Waals surface area contributed by atoms with Gasteiger partial charge in [0.25, 0.3) is 0 Å². The van der Waals surface area contributed by atoms with Crippen molar-refractivity contribution in [3.05, 3.63) is 101 Å². The van der Waals surface area contributed by atoms with Crippen LogP contribution in [0.25, 0.3) is 0 Å². The van der Waals surface area contributed by atoms with E-state index >= 15 is 0 Å². The number of carbonyl (C=O) groups excluding carboxylic acids is 3. The van der Waals surface area contributed by atoms with E-state index < -0.39 is 11.0 Å². The summed E-state index contributed by atoms with van der Waals surface area (Å²) in [6.07, 6.45) is 3.97. The van der Waals surface area contributed by atoms with Gasteiger partial charge in [0.2, 0.25) is 17.7 Å². The third kappa shape index (κ3) is 4.67. The molecule has 0 aliphatic carbocycles. The summed E-state index contributed by atoms with van der Waals surface area (Å²) in [6, 6.07) is 20.6. The van der Waals surface area contributed by atoms with Gasteiger partial charge in [-0.25, -0.2) is 0 Å². The van der Waals surface area contributed by atoms with Crippen LogP contribution in [0.5, 0.6) is 0 Å². The lowest BCUT2D eigenvalue weighted by Gasteiger charge is -2.39. The number of carbonyl (C=O) groups is 3. The van der Waals surface area contributed by atoms with Crippen LogP contribution in [-0.2, 0) is 31.9 Å². The zero-order valence-electron chi connectivity index (χ0n) is 21.0. The Morgan fingerprint density at radius 1 is 0.973 bits per heavy atom. The van der Waals surface area contributed by atoms with Gasteiger partial charge < -0.3 is 10.0 Å². The normalized spacial score (nSPS) is 21.4. The SMILES string of the molecule is Cc1ccccc1C1(CC(=O)N2CCC(O)(c3cccnc3)CC2)CC(=O)N(Cc2ccccc2)C1=O. The third-order valence-electron chi connectivity index (χ3n) is 7.85. The van der Waals surface area contributed by atoms with Crippen molar-refractivity contribution in [2.75, 3.05) is 13.1 Å². The number of hydrogen-bond acceptors (Lipinski definition) is 5. The fourth-order valence-electron chi connectivity index (χ4n) is 5.70. The van der Waals surface area contributed by atoms with E-state index in [9.17, 15) is 19.5 Å². The number of imide groups is 1. The highest BCUT2D eigenvalue weighted by atomic mass is 16.3. The second-order valence-corrected chi connectivity index (χ2v) is 10.2. The number of aromatic nitrogens is 1. The van der Waals surface area contributed by atoms with Crippen LogP contribution in [0, 0.1) is 6.92 Å². The van der Waals surface area contributed by atoms with E-state index in [0.717, 1.165) is 22.3 Å². The van der Waals surface area contributed by atoms with E-state index in [1.165, 1.54) is 4.90 Å².